The van der Waals surface area contributed by atoms with Crippen molar-refractivity contribution in [3.05, 3.63) is 0 Å². The van der Waals surface area contributed by atoms with Crippen LogP contribution in [0.1, 0.15) is 33.1 Å². The molecule has 0 atom stereocenters. The van der Waals surface area contributed by atoms with Gasteiger partial charge in [0.1, 0.15) is 0 Å². The molecule has 1 N–H and O–H groups in total. The first-order valence-electron chi connectivity index (χ1n) is 7.14. The molecule has 1 heterocycles. The van der Waals surface area contributed by atoms with Gasteiger partial charge in [-0.15, -0.1) is 0 Å². The van der Waals surface area contributed by atoms with E-state index in [1.165, 1.54) is 0 Å². The molecule has 0 aromatic carbocycles. The van der Waals surface area contributed by atoms with Crippen LogP contribution in [0.15, 0.2) is 0 Å². The van der Waals surface area contributed by atoms with Crippen molar-refractivity contribution >= 4 is 5.91 Å². The van der Waals surface area contributed by atoms with Gasteiger partial charge >= 0.3 is 0 Å². The van der Waals surface area contributed by atoms with Crippen LogP contribution in [0.25, 0.3) is 0 Å². The van der Waals surface area contributed by atoms with Crippen molar-refractivity contribution in [2.75, 3.05) is 46.8 Å². The Hall–Kier alpha value is -0.610. The minimum absolute atomic E-state index is 0.146. The smallest absolute Gasteiger partial charge is 0.228 e. The summed E-state index contributed by atoms with van der Waals surface area (Å²) in [7, 11) is 4.11. The Bertz CT molecular complexity index is 260. The molecule has 0 aromatic heterocycles. The lowest BCUT2D eigenvalue weighted by molar-refractivity contribution is -0.143. The van der Waals surface area contributed by atoms with Gasteiger partial charge in [0.25, 0.3) is 0 Å². The Labute approximate surface area is 112 Å². The Balaban J connectivity index is 2.62. The summed E-state index contributed by atoms with van der Waals surface area (Å²) in [4.78, 5) is 16.9. The normalized spacial score (nSPS) is 18.9. The maximum Gasteiger partial charge on any atom is 0.228 e. The maximum absolute atomic E-state index is 12.7. The molecule has 4 nitrogen and oxygen atoms in total. The quantitative estimate of drug-likeness (QED) is 0.774. The van der Waals surface area contributed by atoms with E-state index in [1.807, 2.05) is 0 Å². The fourth-order valence-corrected chi connectivity index (χ4v) is 2.48. The molecule has 0 spiro atoms. The van der Waals surface area contributed by atoms with E-state index in [2.05, 4.69) is 43.1 Å². The zero-order valence-corrected chi connectivity index (χ0v) is 12.5. The van der Waals surface area contributed by atoms with Crippen molar-refractivity contribution in [2.24, 2.45) is 5.41 Å². The predicted molar refractivity (Wildman–Crippen MR) is 75.6 cm³/mol. The topological polar surface area (TPSA) is 35.6 Å². The van der Waals surface area contributed by atoms with E-state index in [1.54, 1.807) is 0 Å². The molecule has 0 saturated carbocycles. The summed E-state index contributed by atoms with van der Waals surface area (Å²) in [5.74, 6) is 0.354. The highest BCUT2D eigenvalue weighted by Crippen LogP contribution is 2.30. The minimum Gasteiger partial charge on any atom is -0.341 e. The minimum atomic E-state index is -0.146. The van der Waals surface area contributed by atoms with Gasteiger partial charge in [-0.05, 0) is 46.4 Å². The van der Waals surface area contributed by atoms with Crippen LogP contribution in [0.5, 0.6) is 0 Å². The predicted octanol–water partition coefficient (Wildman–Crippen LogP) is 1.18. The molecule has 4 heteroatoms. The van der Waals surface area contributed by atoms with E-state index >= 15 is 0 Å². The van der Waals surface area contributed by atoms with Crippen LogP contribution in [0.3, 0.4) is 0 Å². The second-order valence-corrected chi connectivity index (χ2v) is 5.91. The zero-order valence-electron chi connectivity index (χ0n) is 12.5. The molecule has 0 bridgehead atoms. The van der Waals surface area contributed by atoms with Gasteiger partial charge in [0, 0.05) is 25.0 Å². The Kier molecular flexibility index (Phi) is 6.09. The second kappa shape index (κ2) is 7.10. The van der Waals surface area contributed by atoms with Crippen molar-refractivity contribution in [1.29, 1.82) is 0 Å². The van der Waals surface area contributed by atoms with E-state index in [0.717, 1.165) is 52.0 Å². The Morgan fingerprint density at radius 2 is 1.78 bits per heavy atom. The van der Waals surface area contributed by atoms with Crippen LogP contribution in [-0.2, 0) is 4.79 Å². The monoisotopic (exact) mass is 255 g/mol. The first-order chi connectivity index (χ1) is 8.49. The molecule has 0 aliphatic carbocycles. The number of piperidine rings is 1. The van der Waals surface area contributed by atoms with E-state index in [-0.39, 0.29) is 5.41 Å². The van der Waals surface area contributed by atoms with Gasteiger partial charge in [-0.1, -0.05) is 13.8 Å². The highest BCUT2D eigenvalue weighted by molar-refractivity contribution is 5.82. The molecular weight excluding hydrogens is 226 g/mol. The number of nitrogens with one attached hydrogen (secondary N) is 1. The van der Waals surface area contributed by atoms with Crippen molar-refractivity contribution in [3.63, 3.8) is 0 Å². The van der Waals surface area contributed by atoms with Crippen LogP contribution in [-0.4, -0.2) is 62.5 Å². The number of nitrogens with zero attached hydrogens (tertiary/aromatic N) is 2. The molecular formula is C14H29N3O. The summed E-state index contributed by atoms with van der Waals surface area (Å²) in [5.41, 5.74) is -0.146. The lowest BCUT2D eigenvalue weighted by Crippen LogP contribution is -2.49. The molecule has 18 heavy (non-hydrogen) atoms. The van der Waals surface area contributed by atoms with Crippen LogP contribution >= 0.6 is 0 Å². The van der Waals surface area contributed by atoms with Gasteiger partial charge < -0.3 is 15.1 Å². The molecule has 1 amide bonds. The molecule has 1 aliphatic heterocycles. The largest absolute Gasteiger partial charge is 0.341 e. The number of rotatable bonds is 6. The molecule has 0 radical (unpaired) electrons. The van der Waals surface area contributed by atoms with Crippen LogP contribution < -0.4 is 5.32 Å². The van der Waals surface area contributed by atoms with Gasteiger partial charge in [-0.3, -0.25) is 4.79 Å². The van der Waals surface area contributed by atoms with Crippen molar-refractivity contribution in [3.8, 4) is 0 Å². The third-order valence-electron chi connectivity index (χ3n) is 3.82. The summed E-state index contributed by atoms with van der Waals surface area (Å²) >= 11 is 0. The average molecular weight is 255 g/mol. The van der Waals surface area contributed by atoms with Crippen molar-refractivity contribution < 1.29 is 4.79 Å². The average Bonchev–Trinajstić information content (AvgIpc) is 2.34. The number of hydrogen-bond acceptors (Lipinski definition) is 3. The van der Waals surface area contributed by atoms with Crippen LogP contribution in [0.2, 0.25) is 0 Å². The Morgan fingerprint density at radius 1 is 1.17 bits per heavy atom. The van der Waals surface area contributed by atoms with Gasteiger partial charge in [0.15, 0.2) is 0 Å². The number of likely N-dealkylation sites (N-methyl/N-ethyl adjacent to an activating group) is 1. The molecule has 1 rings (SSSR count). The third kappa shape index (κ3) is 4.25. The van der Waals surface area contributed by atoms with E-state index in [9.17, 15) is 4.79 Å². The number of carbonyl (C=O) groups excluding carboxylic acids is 1. The molecule has 0 aromatic rings. The van der Waals surface area contributed by atoms with Crippen molar-refractivity contribution in [2.45, 2.75) is 33.1 Å². The summed E-state index contributed by atoms with van der Waals surface area (Å²) in [6.45, 7) is 8.89. The lowest BCUT2D eigenvalue weighted by atomic mass is 9.79. The summed E-state index contributed by atoms with van der Waals surface area (Å²) in [5, 5.41) is 3.34. The van der Waals surface area contributed by atoms with E-state index in [0.29, 0.717) is 5.91 Å². The first kappa shape index (κ1) is 15.4. The zero-order chi connectivity index (χ0) is 13.6. The number of amides is 1. The van der Waals surface area contributed by atoms with Gasteiger partial charge in [0.05, 0.1) is 0 Å². The van der Waals surface area contributed by atoms with Crippen molar-refractivity contribution in [1.82, 2.24) is 15.1 Å². The van der Waals surface area contributed by atoms with Gasteiger partial charge in [-0.2, -0.15) is 0 Å². The fourth-order valence-electron chi connectivity index (χ4n) is 2.48. The SMILES string of the molecule is CCCN(CCN(C)C)C(=O)C1(C)CCNCC1. The Morgan fingerprint density at radius 3 is 2.28 bits per heavy atom. The molecule has 1 fully saturated rings. The molecule has 0 unspecified atom stereocenters. The van der Waals surface area contributed by atoms with Crippen LogP contribution in [0.4, 0.5) is 0 Å². The van der Waals surface area contributed by atoms with Gasteiger partial charge in [-0.25, -0.2) is 0 Å². The second-order valence-electron chi connectivity index (χ2n) is 5.91. The molecule has 1 aliphatic rings. The fraction of sp³-hybridized carbons (Fsp3) is 0.929. The molecule has 106 valence electrons. The summed E-state index contributed by atoms with van der Waals surface area (Å²) < 4.78 is 0. The summed E-state index contributed by atoms with van der Waals surface area (Å²) in [6, 6.07) is 0. The summed E-state index contributed by atoms with van der Waals surface area (Å²) in [6.07, 6.45) is 2.97. The number of carbonyl (C=O) groups is 1. The van der Waals surface area contributed by atoms with Crippen LogP contribution in [0, 0.1) is 5.41 Å². The van der Waals surface area contributed by atoms with E-state index in [4.69, 9.17) is 0 Å². The standard InChI is InChI=1S/C14H29N3O/c1-5-10-17(12-11-16(3)4)13(18)14(2)6-8-15-9-7-14/h15H,5-12H2,1-4H3. The lowest BCUT2D eigenvalue weighted by Gasteiger charge is -2.37. The first-order valence-corrected chi connectivity index (χ1v) is 7.14. The third-order valence-corrected chi connectivity index (χ3v) is 3.82. The highest BCUT2D eigenvalue weighted by atomic mass is 16.2. The number of hydrogen-bond donors (Lipinski definition) is 1. The van der Waals surface area contributed by atoms with E-state index < -0.39 is 0 Å². The highest BCUT2D eigenvalue weighted by Gasteiger charge is 2.37. The molecule has 1 saturated heterocycles. The maximum atomic E-state index is 12.7. The van der Waals surface area contributed by atoms with Gasteiger partial charge in [0.2, 0.25) is 5.91 Å².